The fourth-order valence-electron chi connectivity index (χ4n) is 1.79. The third-order valence-electron chi connectivity index (χ3n) is 2.91. The van der Waals surface area contributed by atoms with E-state index in [-0.39, 0.29) is 6.61 Å². The molecule has 1 aromatic rings. The third kappa shape index (κ3) is 2.50. The molecule has 1 aliphatic rings. The van der Waals surface area contributed by atoms with Crippen molar-refractivity contribution in [3.63, 3.8) is 0 Å². The van der Waals surface area contributed by atoms with Crippen LogP contribution >= 0.6 is 12.2 Å². The lowest BCUT2D eigenvalue weighted by Gasteiger charge is -2.15. The number of aliphatic hydroxyl groups is 1. The maximum absolute atomic E-state index is 9.09. The van der Waals surface area contributed by atoms with Gasteiger partial charge in [0, 0.05) is 13.6 Å². The van der Waals surface area contributed by atoms with Crippen molar-refractivity contribution in [2.45, 2.75) is 26.1 Å². The van der Waals surface area contributed by atoms with E-state index in [1.807, 2.05) is 7.05 Å². The molecule has 6 heteroatoms. The number of aromatic nitrogens is 3. The summed E-state index contributed by atoms with van der Waals surface area (Å²) in [4.78, 5) is 2.22. The first kappa shape index (κ1) is 11.8. The standard InChI is InChI=1S/C10H18N4OS/c1-12(5-8-3-4-8)7-14-10(16)13(2)9(6-15)11-14/h8,15H,3-7H2,1-2H3. The van der Waals surface area contributed by atoms with E-state index in [9.17, 15) is 0 Å². The van der Waals surface area contributed by atoms with E-state index >= 15 is 0 Å². The largest absolute Gasteiger partial charge is 0.388 e. The highest BCUT2D eigenvalue weighted by atomic mass is 32.1. The number of hydrogen-bond acceptors (Lipinski definition) is 4. The Hall–Kier alpha value is -0.720. The molecule has 5 nitrogen and oxygen atoms in total. The van der Waals surface area contributed by atoms with Crippen LogP contribution in [0.2, 0.25) is 0 Å². The van der Waals surface area contributed by atoms with Crippen LogP contribution < -0.4 is 0 Å². The van der Waals surface area contributed by atoms with Crippen LogP contribution in [-0.2, 0) is 20.3 Å². The zero-order chi connectivity index (χ0) is 11.7. The van der Waals surface area contributed by atoms with Crippen molar-refractivity contribution in [3.05, 3.63) is 10.6 Å². The second-order valence-electron chi connectivity index (χ2n) is 4.54. The first-order valence-electron chi connectivity index (χ1n) is 5.54. The zero-order valence-electron chi connectivity index (χ0n) is 9.76. The lowest BCUT2D eigenvalue weighted by atomic mass is 10.4. The number of aliphatic hydroxyl groups excluding tert-OH is 1. The molecule has 1 N–H and O–H groups in total. The summed E-state index contributed by atoms with van der Waals surface area (Å²) >= 11 is 5.25. The van der Waals surface area contributed by atoms with Gasteiger partial charge in [0.1, 0.15) is 6.61 Å². The Balaban J connectivity index is 2.05. The number of rotatable bonds is 5. The summed E-state index contributed by atoms with van der Waals surface area (Å²) in [6.45, 7) is 1.73. The highest BCUT2D eigenvalue weighted by Crippen LogP contribution is 2.29. The van der Waals surface area contributed by atoms with Gasteiger partial charge in [-0.2, -0.15) is 5.10 Å². The summed E-state index contributed by atoms with van der Waals surface area (Å²) < 4.78 is 4.18. The van der Waals surface area contributed by atoms with Crippen LogP contribution in [0, 0.1) is 10.7 Å². The van der Waals surface area contributed by atoms with Crippen molar-refractivity contribution in [1.29, 1.82) is 0 Å². The lowest BCUT2D eigenvalue weighted by molar-refractivity contribution is 0.237. The fourth-order valence-corrected chi connectivity index (χ4v) is 1.99. The number of hydrogen-bond donors (Lipinski definition) is 1. The minimum absolute atomic E-state index is 0.0700. The van der Waals surface area contributed by atoms with Crippen LogP contribution in [0.15, 0.2) is 0 Å². The van der Waals surface area contributed by atoms with Gasteiger partial charge in [-0.05, 0) is 38.0 Å². The van der Waals surface area contributed by atoms with Crippen molar-refractivity contribution in [1.82, 2.24) is 19.2 Å². The monoisotopic (exact) mass is 242 g/mol. The molecule has 0 saturated heterocycles. The van der Waals surface area contributed by atoms with Gasteiger partial charge < -0.3 is 9.67 Å². The highest BCUT2D eigenvalue weighted by molar-refractivity contribution is 7.71. The minimum Gasteiger partial charge on any atom is -0.388 e. The van der Waals surface area contributed by atoms with Crippen molar-refractivity contribution >= 4 is 12.2 Å². The molecule has 1 aliphatic carbocycles. The zero-order valence-corrected chi connectivity index (χ0v) is 10.6. The maximum Gasteiger partial charge on any atom is 0.198 e. The van der Waals surface area contributed by atoms with Gasteiger partial charge in [-0.3, -0.25) is 4.90 Å². The normalized spacial score (nSPS) is 16.0. The fraction of sp³-hybridized carbons (Fsp3) is 0.800. The van der Waals surface area contributed by atoms with E-state index in [0.717, 1.165) is 12.5 Å². The van der Waals surface area contributed by atoms with Gasteiger partial charge in [0.2, 0.25) is 0 Å². The van der Waals surface area contributed by atoms with Gasteiger partial charge in [-0.1, -0.05) is 0 Å². The minimum atomic E-state index is -0.0700. The molecule has 1 heterocycles. The van der Waals surface area contributed by atoms with Crippen LogP contribution in [0.3, 0.4) is 0 Å². The molecule has 0 spiro atoms. The maximum atomic E-state index is 9.09. The summed E-state index contributed by atoms with van der Waals surface area (Å²) in [5.74, 6) is 1.48. The summed E-state index contributed by atoms with van der Waals surface area (Å²) in [5, 5.41) is 13.4. The summed E-state index contributed by atoms with van der Waals surface area (Å²) in [6, 6.07) is 0. The summed E-state index contributed by atoms with van der Waals surface area (Å²) in [5.41, 5.74) is 0. The van der Waals surface area contributed by atoms with Crippen LogP contribution in [0.5, 0.6) is 0 Å². The average Bonchev–Trinajstić information content (AvgIpc) is 3.01. The Morgan fingerprint density at radius 1 is 1.56 bits per heavy atom. The van der Waals surface area contributed by atoms with E-state index in [1.165, 1.54) is 12.8 Å². The van der Waals surface area contributed by atoms with Gasteiger partial charge in [0.15, 0.2) is 10.6 Å². The molecule has 0 atom stereocenters. The SMILES string of the molecule is CN(CC1CC1)Cn1nc(CO)n(C)c1=S. The van der Waals surface area contributed by atoms with Crippen LogP contribution in [0.1, 0.15) is 18.7 Å². The van der Waals surface area contributed by atoms with E-state index in [0.29, 0.717) is 17.3 Å². The van der Waals surface area contributed by atoms with Gasteiger partial charge in [-0.25, -0.2) is 4.68 Å². The molecule has 0 aromatic carbocycles. The summed E-state index contributed by atoms with van der Waals surface area (Å²) in [6.07, 6.45) is 2.69. The second kappa shape index (κ2) is 4.65. The van der Waals surface area contributed by atoms with E-state index in [1.54, 1.807) is 9.25 Å². The molecule has 16 heavy (non-hydrogen) atoms. The Bertz CT molecular complexity index is 421. The predicted octanol–water partition coefficient (Wildman–Crippen LogP) is 0.743. The lowest BCUT2D eigenvalue weighted by Crippen LogP contribution is -2.25. The Kier molecular flexibility index (Phi) is 3.41. The van der Waals surface area contributed by atoms with E-state index < -0.39 is 0 Å². The third-order valence-corrected chi connectivity index (χ3v) is 3.40. The van der Waals surface area contributed by atoms with E-state index in [4.69, 9.17) is 17.3 Å². The molecule has 0 amide bonds. The molecule has 0 bridgehead atoms. The first-order valence-corrected chi connectivity index (χ1v) is 5.94. The van der Waals surface area contributed by atoms with Crippen LogP contribution in [-0.4, -0.2) is 37.9 Å². The molecule has 1 fully saturated rings. The predicted molar refractivity (Wildman–Crippen MR) is 63.3 cm³/mol. The topological polar surface area (TPSA) is 46.2 Å². The Morgan fingerprint density at radius 3 is 2.75 bits per heavy atom. The molecule has 1 aromatic heterocycles. The molecular formula is C10H18N4OS. The Morgan fingerprint density at radius 2 is 2.25 bits per heavy atom. The molecule has 1 saturated carbocycles. The molecular weight excluding hydrogens is 224 g/mol. The quantitative estimate of drug-likeness (QED) is 0.774. The van der Waals surface area contributed by atoms with Gasteiger partial charge in [0.05, 0.1) is 6.67 Å². The molecule has 0 aliphatic heterocycles. The molecule has 0 unspecified atom stereocenters. The van der Waals surface area contributed by atoms with Gasteiger partial charge in [0.25, 0.3) is 0 Å². The van der Waals surface area contributed by atoms with Gasteiger partial charge >= 0.3 is 0 Å². The number of nitrogens with zero attached hydrogens (tertiary/aromatic N) is 4. The van der Waals surface area contributed by atoms with Crippen molar-refractivity contribution < 1.29 is 5.11 Å². The highest BCUT2D eigenvalue weighted by Gasteiger charge is 2.23. The van der Waals surface area contributed by atoms with Crippen molar-refractivity contribution in [2.24, 2.45) is 13.0 Å². The Labute approximate surface area is 100 Å². The van der Waals surface area contributed by atoms with Crippen LogP contribution in [0.4, 0.5) is 0 Å². The summed E-state index contributed by atoms with van der Waals surface area (Å²) in [7, 11) is 3.91. The molecule has 90 valence electrons. The van der Waals surface area contributed by atoms with Crippen LogP contribution in [0.25, 0.3) is 0 Å². The smallest absolute Gasteiger partial charge is 0.198 e. The second-order valence-corrected chi connectivity index (χ2v) is 4.90. The molecule has 2 rings (SSSR count). The van der Waals surface area contributed by atoms with E-state index in [2.05, 4.69) is 17.0 Å². The van der Waals surface area contributed by atoms with Crippen molar-refractivity contribution in [3.8, 4) is 0 Å². The first-order chi connectivity index (χ1) is 7.61. The molecule has 0 radical (unpaired) electrons. The average molecular weight is 242 g/mol. The van der Waals surface area contributed by atoms with Gasteiger partial charge in [-0.15, -0.1) is 0 Å². The van der Waals surface area contributed by atoms with Crippen molar-refractivity contribution in [2.75, 3.05) is 13.6 Å².